The van der Waals surface area contributed by atoms with E-state index in [-0.39, 0.29) is 5.75 Å². The molecule has 7 heteroatoms. The third-order valence-electron chi connectivity index (χ3n) is 4.29. The first kappa shape index (κ1) is 22.1. The van der Waals surface area contributed by atoms with Gasteiger partial charge in [0, 0.05) is 18.4 Å². The Morgan fingerprint density at radius 1 is 1.24 bits per heavy atom. The summed E-state index contributed by atoms with van der Waals surface area (Å²) in [6.07, 6.45) is 4.83. The molecule has 1 aliphatic rings. The Kier molecular flexibility index (Phi) is 10.3. The van der Waals surface area contributed by atoms with E-state index in [2.05, 4.69) is 20.8 Å². The summed E-state index contributed by atoms with van der Waals surface area (Å²) in [5, 5.41) is 10.2. The number of hydrogen-bond donors (Lipinski definition) is 4. The summed E-state index contributed by atoms with van der Waals surface area (Å²) in [4.78, 5) is 19.1. The quantitative estimate of drug-likeness (QED) is 0.434. The first-order valence-electron chi connectivity index (χ1n) is 9.01. The monoisotopic (exact) mass is 374 g/mol. The highest BCUT2D eigenvalue weighted by atomic mass is 31.2. The molecule has 0 saturated carbocycles. The maximum Gasteiger partial charge on any atom is 0.331 e. The molecule has 0 amide bonds. The molecule has 0 fully saturated rings. The Hall–Kier alpha value is -0.910. The molecular weight excluding hydrogens is 341 g/mol. The van der Waals surface area contributed by atoms with Crippen LogP contribution in [0.5, 0.6) is 11.5 Å². The summed E-state index contributed by atoms with van der Waals surface area (Å²) in [5.41, 5.74) is 2.11. The molecule has 25 heavy (non-hydrogen) atoms. The molecule has 6 nitrogen and oxygen atoms in total. The minimum absolute atomic E-state index is 0.251. The van der Waals surface area contributed by atoms with E-state index < -0.39 is 8.60 Å². The van der Waals surface area contributed by atoms with Crippen molar-refractivity contribution in [3.63, 3.8) is 0 Å². The summed E-state index contributed by atoms with van der Waals surface area (Å²) in [6, 6.07) is 4.16. The van der Waals surface area contributed by atoms with E-state index in [1.807, 2.05) is 6.07 Å². The number of quaternary nitrogens is 1. The van der Waals surface area contributed by atoms with Gasteiger partial charge in [-0.25, -0.2) is 0 Å². The van der Waals surface area contributed by atoms with Crippen molar-refractivity contribution in [3.05, 3.63) is 23.3 Å². The van der Waals surface area contributed by atoms with Crippen LogP contribution in [0.1, 0.15) is 51.2 Å². The highest BCUT2D eigenvalue weighted by Crippen LogP contribution is 2.36. The van der Waals surface area contributed by atoms with Gasteiger partial charge in [-0.1, -0.05) is 33.3 Å². The van der Waals surface area contributed by atoms with Crippen LogP contribution < -0.4 is 9.64 Å². The van der Waals surface area contributed by atoms with E-state index in [4.69, 9.17) is 19.0 Å². The zero-order chi connectivity index (χ0) is 18.8. The second-order valence-corrected chi connectivity index (χ2v) is 7.10. The Morgan fingerprint density at radius 2 is 1.92 bits per heavy atom. The Morgan fingerprint density at radius 3 is 2.48 bits per heavy atom. The summed E-state index contributed by atoms with van der Waals surface area (Å²) >= 11 is 0. The van der Waals surface area contributed by atoms with Gasteiger partial charge in [0.05, 0.1) is 19.7 Å². The number of benzene rings is 1. The zero-order valence-electron chi connectivity index (χ0n) is 15.8. The van der Waals surface area contributed by atoms with Crippen molar-refractivity contribution >= 4 is 8.60 Å². The third kappa shape index (κ3) is 6.72. The average Bonchev–Trinajstić information content (AvgIpc) is 2.59. The number of ether oxygens (including phenoxy) is 1. The van der Waals surface area contributed by atoms with Crippen LogP contribution in [0.15, 0.2) is 12.1 Å². The minimum Gasteiger partial charge on any atom is -0.504 e. The van der Waals surface area contributed by atoms with Gasteiger partial charge in [0.2, 0.25) is 0 Å². The molecule has 1 aliphatic carbocycles. The number of nitrogens with one attached hydrogen (secondary N) is 1. The fourth-order valence-corrected chi connectivity index (χ4v) is 3.46. The first-order valence-corrected chi connectivity index (χ1v) is 10.2. The second-order valence-electron chi connectivity index (χ2n) is 6.34. The van der Waals surface area contributed by atoms with Gasteiger partial charge < -0.3 is 24.5 Å². The SMILES string of the molecule is CCC.CCC[NH+](COP(O)O)C1CCc2c(ccc(OC)c2O)C1. The van der Waals surface area contributed by atoms with Crippen LogP contribution in [0.4, 0.5) is 0 Å². The molecule has 2 unspecified atom stereocenters. The fraction of sp³-hybridized carbons (Fsp3) is 0.667. The third-order valence-corrected chi connectivity index (χ3v) is 4.65. The van der Waals surface area contributed by atoms with Crippen molar-refractivity contribution in [1.82, 2.24) is 0 Å². The largest absolute Gasteiger partial charge is 0.504 e. The van der Waals surface area contributed by atoms with Crippen LogP contribution in [0, 0.1) is 0 Å². The normalized spacial score (nSPS) is 17.5. The van der Waals surface area contributed by atoms with Crippen molar-refractivity contribution in [2.45, 2.75) is 58.9 Å². The summed E-state index contributed by atoms with van der Waals surface area (Å²) in [7, 11) is -0.751. The van der Waals surface area contributed by atoms with Gasteiger partial charge in [-0.2, -0.15) is 0 Å². The maximum atomic E-state index is 10.2. The van der Waals surface area contributed by atoms with Crippen molar-refractivity contribution in [3.8, 4) is 11.5 Å². The maximum absolute atomic E-state index is 10.2. The molecular formula is C18H33NO5P+. The molecule has 2 rings (SSSR count). The summed E-state index contributed by atoms with van der Waals surface area (Å²) in [5.74, 6) is 0.769. The van der Waals surface area contributed by atoms with Crippen molar-refractivity contribution in [2.24, 2.45) is 0 Å². The van der Waals surface area contributed by atoms with Gasteiger partial charge in [-0.15, -0.1) is 0 Å². The Labute approximate surface area is 152 Å². The van der Waals surface area contributed by atoms with Crippen LogP contribution >= 0.6 is 8.60 Å². The molecule has 0 saturated heterocycles. The van der Waals surface area contributed by atoms with Crippen LogP contribution in [-0.4, -0.2) is 41.3 Å². The lowest BCUT2D eigenvalue weighted by molar-refractivity contribution is -0.941. The predicted octanol–water partition coefficient (Wildman–Crippen LogP) is 2.15. The van der Waals surface area contributed by atoms with E-state index in [1.54, 1.807) is 13.2 Å². The van der Waals surface area contributed by atoms with E-state index in [1.165, 1.54) is 11.3 Å². The van der Waals surface area contributed by atoms with Gasteiger partial charge in [-0.3, -0.25) is 4.52 Å². The number of rotatable bonds is 7. The van der Waals surface area contributed by atoms with E-state index in [0.717, 1.165) is 43.4 Å². The molecule has 0 spiro atoms. The van der Waals surface area contributed by atoms with Crippen LogP contribution in [0.25, 0.3) is 0 Å². The number of aromatic hydroxyl groups is 1. The second kappa shape index (κ2) is 11.7. The molecule has 4 N–H and O–H groups in total. The van der Waals surface area contributed by atoms with Crippen LogP contribution in [-0.2, 0) is 17.4 Å². The zero-order valence-corrected chi connectivity index (χ0v) is 16.7. The lowest BCUT2D eigenvalue weighted by Gasteiger charge is -2.32. The molecule has 0 heterocycles. The standard InChI is InChI=1S/C15H24NO5P.C3H8/c1-3-8-16(10-21-22(18)19)12-5-6-13-11(9-12)4-7-14(20-2)15(13)17;1-3-2/h4,7,12,17-19H,3,5-6,8-10H2,1-2H3;3H2,1-2H3/p+1. The summed E-state index contributed by atoms with van der Waals surface area (Å²) in [6.45, 7) is 7.58. The molecule has 0 aliphatic heterocycles. The lowest BCUT2D eigenvalue weighted by Crippen LogP contribution is -3.16. The molecule has 0 aromatic heterocycles. The first-order chi connectivity index (χ1) is 12.0. The average molecular weight is 374 g/mol. The number of methoxy groups -OCH3 is 1. The van der Waals surface area contributed by atoms with E-state index in [9.17, 15) is 5.11 Å². The molecule has 0 radical (unpaired) electrons. The molecule has 1 aromatic rings. The molecule has 2 atom stereocenters. The summed E-state index contributed by atoms with van der Waals surface area (Å²) < 4.78 is 10.2. The Balaban J connectivity index is 0.000000970. The van der Waals surface area contributed by atoms with Gasteiger partial charge in [-0.05, 0) is 24.5 Å². The fourth-order valence-electron chi connectivity index (χ4n) is 3.18. The van der Waals surface area contributed by atoms with Crippen molar-refractivity contribution in [2.75, 3.05) is 20.4 Å². The van der Waals surface area contributed by atoms with Crippen LogP contribution in [0.3, 0.4) is 0 Å². The van der Waals surface area contributed by atoms with Crippen molar-refractivity contribution in [1.29, 1.82) is 0 Å². The number of phenols is 1. The number of hydrogen-bond acceptors (Lipinski definition) is 5. The molecule has 144 valence electrons. The van der Waals surface area contributed by atoms with Gasteiger partial charge >= 0.3 is 8.60 Å². The highest BCUT2D eigenvalue weighted by Gasteiger charge is 2.29. The lowest BCUT2D eigenvalue weighted by atomic mass is 9.86. The Bertz CT molecular complexity index is 512. The van der Waals surface area contributed by atoms with Gasteiger partial charge in [0.25, 0.3) is 0 Å². The predicted molar refractivity (Wildman–Crippen MR) is 99.9 cm³/mol. The number of fused-ring (bicyclic) bond motifs is 1. The van der Waals surface area contributed by atoms with Gasteiger partial charge in [0.15, 0.2) is 18.2 Å². The van der Waals surface area contributed by atoms with Crippen LogP contribution in [0.2, 0.25) is 0 Å². The molecule has 0 bridgehead atoms. The highest BCUT2D eigenvalue weighted by molar-refractivity contribution is 7.39. The smallest absolute Gasteiger partial charge is 0.331 e. The topological polar surface area (TPSA) is 83.6 Å². The minimum atomic E-state index is -2.31. The molecule has 1 aromatic carbocycles. The van der Waals surface area contributed by atoms with E-state index >= 15 is 0 Å². The van der Waals surface area contributed by atoms with Gasteiger partial charge in [0.1, 0.15) is 0 Å². The van der Waals surface area contributed by atoms with Crippen molar-refractivity contribution < 1.29 is 29.1 Å². The number of phenolic OH excluding ortho intramolecular Hbond substituents is 1. The van der Waals surface area contributed by atoms with E-state index in [0.29, 0.717) is 18.5 Å².